The van der Waals surface area contributed by atoms with E-state index in [0.29, 0.717) is 5.92 Å². The molecule has 0 N–H and O–H groups in total. The molecule has 0 saturated carbocycles. The fourth-order valence-corrected chi connectivity index (χ4v) is 4.27. The lowest BCUT2D eigenvalue weighted by Gasteiger charge is -2.18. The molecule has 1 aliphatic heterocycles. The summed E-state index contributed by atoms with van der Waals surface area (Å²) < 4.78 is 2.36. The van der Waals surface area contributed by atoms with Crippen molar-refractivity contribution in [3.63, 3.8) is 0 Å². The summed E-state index contributed by atoms with van der Waals surface area (Å²) in [6.45, 7) is 11.1. The minimum absolute atomic E-state index is 0.550. The van der Waals surface area contributed by atoms with Crippen molar-refractivity contribution in [1.29, 1.82) is 0 Å². The summed E-state index contributed by atoms with van der Waals surface area (Å²) in [5.74, 6) is 0.550. The highest BCUT2D eigenvalue weighted by molar-refractivity contribution is 6.06. The zero-order chi connectivity index (χ0) is 20.5. The smallest absolute Gasteiger partial charge is 0.0694 e. The Labute approximate surface area is 174 Å². The van der Waals surface area contributed by atoms with E-state index in [-0.39, 0.29) is 0 Å². The molecule has 0 unspecified atom stereocenters. The van der Waals surface area contributed by atoms with E-state index in [2.05, 4.69) is 99.8 Å². The number of nitrogens with zero attached hydrogens (tertiary/aromatic N) is 2. The van der Waals surface area contributed by atoms with Gasteiger partial charge < -0.3 is 4.57 Å². The van der Waals surface area contributed by atoms with Gasteiger partial charge in [-0.3, -0.25) is 4.99 Å². The maximum absolute atomic E-state index is 5.13. The molecule has 1 aliphatic rings. The van der Waals surface area contributed by atoms with E-state index in [1.54, 1.807) is 0 Å². The van der Waals surface area contributed by atoms with Gasteiger partial charge in [0.05, 0.1) is 11.4 Å². The molecule has 0 aliphatic carbocycles. The van der Waals surface area contributed by atoms with E-state index >= 15 is 0 Å². The molecule has 0 amide bonds. The standard InChI is InChI=1S/C27H30N2/c1-18(2)22-12-14-24(15-13-22)29-20(4)17-25(21(29)5)26-16-11-19(3)27(28-26)23-9-7-6-8-10-23/h6-10,12-15,17-18H,11,16H2,1-5H3. The van der Waals surface area contributed by atoms with Crippen LogP contribution in [-0.2, 0) is 0 Å². The number of rotatable bonds is 4. The number of benzene rings is 2. The van der Waals surface area contributed by atoms with Crippen molar-refractivity contribution in [2.45, 2.75) is 53.4 Å². The van der Waals surface area contributed by atoms with Crippen molar-refractivity contribution in [3.05, 3.63) is 94.3 Å². The van der Waals surface area contributed by atoms with Crippen LogP contribution < -0.4 is 0 Å². The van der Waals surface area contributed by atoms with Crippen molar-refractivity contribution in [1.82, 2.24) is 4.57 Å². The fraction of sp³-hybridized carbons (Fsp3) is 0.296. The minimum atomic E-state index is 0.550. The third kappa shape index (κ3) is 3.72. The van der Waals surface area contributed by atoms with Crippen LogP contribution in [0.25, 0.3) is 11.4 Å². The molecule has 2 heterocycles. The normalized spacial score (nSPS) is 14.5. The van der Waals surface area contributed by atoms with Crippen molar-refractivity contribution in [3.8, 4) is 5.69 Å². The maximum atomic E-state index is 5.13. The zero-order valence-corrected chi connectivity index (χ0v) is 18.2. The molecule has 4 rings (SSSR count). The van der Waals surface area contributed by atoms with Crippen LogP contribution in [0.4, 0.5) is 0 Å². The lowest BCUT2D eigenvalue weighted by molar-refractivity contribution is 0.863. The first-order chi connectivity index (χ1) is 14.0. The quantitative estimate of drug-likeness (QED) is 0.453. The number of allylic oxidation sites excluding steroid dienone is 1. The number of aromatic nitrogens is 1. The van der Waals surface area contributed by atoms with Crippen LogP contribution in [-0.4, -0.2) is 10.3 Å². The SMILES string of the molecule is CC1=C(c2ccccc2)N=C(c2cc(C)n(-c3ccc(C(C)C)cc3)c2C)CC1. The molecule has 0 saturated heterocycles. The van der Waals surface area contributed by atoms with Gasteiger partial charge in [0.15, 0.2) is 0 Å². The molecule has 29 heavy (non-hydrogen) atoms. The summed E-state index contributed by atoms with van der Waals surface area (Å²) in [6.07, 6.45) is 2.06. The van der Waals surface area contributed by atoms with E-state index in [1.165, 1.54) is 45.1 Å². The second-order valence-electron chi connectivity index (χ2n) is 8.42. The van der Waals surface area contributed by atoms with Crippen molar-refractivity contribution in [2.24, 2.45) is 4.99 Å². The molecule has 148 valence electrons. The Balaban J connectivity index is 1.74. The van der Waals surface area contributed by atoms with E-state index < -0.39 is 0 Å². The number of aryl methyl sites for hydroxylation is 1. The first-order valence-corrected chi connectivity index (χ1v) is 10.6. The molecule has 1 aromatic heterocycles. The van der Waals surface area contributed by atoms with Crippen LogP contribution in [0.3, 0.4) is 0 Å². The summed E-state index contributed by atoms with van der Waals surface area (Å²) in [5, 5.41) is 0. The van der Waals surface area contributed by atoms with Crippen LogP contribution in [0, 0.1) is 13.8 Å². The van der Waals surface area contributed by atoms with Crippen LogP contribution in [0.5, 0.6) is 0 Å². The summed E-state index contributed by atoms with van der Waals surface area (Å²) in [7, 11) is 0. The average molecular weight is 383 g/mol. The molecule has 2 nitrogen and oxygen atoms in total. The minimum Gasteiger partial charge on any atom is -0.318 e. The van der Waals surface area contributed by atoms with Gasteiger partial charge in [0.1, 0.15) is 0 Å². The predicted molar refractivity (Wildman–Crippen MR) is 124 cm³/mol. The highest BCUT2D eigenvalue weighted by atomic mass is 15.0. The first-order valence-electron chi connectivity index (χ1n) is 10.6. The molecule has 0 bridgehead atoms. The molecule has 0 radical (unpaired) electrons. The largest absolute Gasteiger partial charge is 0.318 e. The third-order valence-electron chi connectivity index (χ3n) is 6.00. The van der Waals surface area contributed by atoms with E-state index in [1.807, 2.05) is 0 Å². The summed E-state index contributed by atoms with van der Waals surface area (Å²) in [4.78, 5) is 5.13. The predicted octanol–water partition coefficient (Wildman–Crippen LogP) is 7.23. The summed E-state index contributed by atoms with van der Waals surface area (Å²) in [6, 6.07) is 21.8. The number of aliphatic imine (C=N–C) groups is 1. The van der Waals surface area contributed by atoms with Gasteiger partial charge in [-0.2, -0.15) is 0 Å². The van der Waals surface area contributed by atoms with Gasteiger partial charge in [-0.15, -0.1) is 0 Å². The molecule has 3 aromatic rings. The second kappa shape index (κ2) is 7.87. The lowest BCUT2D eigenvalue weighted by atomic mass is 9.95. The highest BCUT2D eigenvalue weighted by Crippen LogP contribution is 2.32. The molecule has 2 aromatic carbocycles. The van der Waals surface area contributed by atoms with Crippen LogP contribution in [0.1, 0.15) is 67.6 Å². The van der Waals surface area contributed by atoms with Crippen LogP contribution in [0.2, 0.25) is 0 Å². The average Bonchev–Trinajstić information content (AvgIpc) is 3.03. The third-order valence-corrected chi connectivity index (χ3v) is 6.00. The molecule has 0 fully saturated rings. The second-order valence-corrected chi connectivity index (χ2v) is 8.42. The van der Waals surface area contributed by atoms with Gasteiger partial charge in [0, 0.05) is 28.2 Å². The summed E-state index contributed by atoms with van der Waals surface area (Å²) >= 11 is 0. The Morgan fingerprint density at radius 2 is 1.55 bits per heavy atom. The Bertz CT molecular complexity index is 1080. The van der Waals surface area contributed by atoms with Gasteiger partial charge >= 0.3 is 0 Å². The monoisotopic (exact) mass is 382 g/mol. The van der Waals surface area contributed by atoms with Crippen LogP contribution >= 0.6 is 0 Å². The molecular formula is C27H30N2. The van der Waals surface area contributed by atoms with E-state index in [0.717, 1.165) is 18.5 Å². The maximum Gasteiger partial charge on any atom is 0.0694 e. The van der Waals surface area contributed by atoms with Gasteiger partial charge in [-0.05, 0) is 68.9 Å². The van der Waals surface area contributed by atoms with Gasteiger partial charge in [-0.1, -0.05) is 56.3 Å². The highest BCUT2D eigenvalue weighted by Gasteiger charge is 2.20. The first kappa shape index (κ1) is 19.4. The molecule has 2 heteroatoms. The Morgan fingerprint density at radius 1 is 0.862 bits per heavy atom. The Hall–Kier alpha value is -2.87. The fourth-order valence-electron chi connectivity index (χ4n) is 4.27. The van der Waals surface area contributed by atoms with Gasteiger partial charge in [0.25, 0.3) is 0 Å². The number of hydrogen-bond acceptors (Lipinski definition) is 1. The zero-order valence-electron chi connectivity index (χ0n) is 18.2. The topological polar surface area (TPSA) is 17.3 Å². The molecular weight excluding hydrogens is 352 g/mol. The van der Waals surface area contributed by atoms with Gasteiger partial charge in [0.2, 0.25) is 0 Å². The molecule has 0 spiro atoms. The van der Waals surface area contributed by atoms with E-state index in [4.69, 9.17) is 4.99 Å². The van der Waals surface area contributed by atoms with Crippen molar-refractivity contribution < 1.29 is 0 Å². The summed E-state index contributed by atoms with van der Waals surface area (Å²) in [5.41, 5.74) is 11.3. The van der Waals surface area contributed by atoms with Crippen molar-refractivity contribution >= 4 is 11.4 Å². The molecule has 0 atom stereocenters. The lowest BCUT2D eigenvalue weighted by Crippen LogP contribution is -2.09. The van der Waals surface area contributed by atoms with Crippen molar-refractivity contribution in [2.75, 3.05) is 0 Å². The van der Waals surface area contributed by atoms with E-state index in [9.17, 15) is 0 Å². The Morgan fingerprint density at radius 3 is 2.21 bits per heavy atom. The number of hydrogen-bond donors (Lipinski definition) is 0. The Kier molecular flexibility index (Phi) is 5.27. The van der Waals surface area contributed by atoms with Crippen LogP contribution in [0.15, 0.2) is 71.2 Å². The van der Waals surface area contributed by atoms with Gasteiger partial charge in [-0.25, -0.2) is 0 Å².